The quantitative estimate of drug-likeness (QED) is 0.248. The average Bonchev–Trinajstić information content (AvgIpc) is 2.46. The van der Waals surface area contributed by atoms with Gasteiger partial charge in [-0.1, -0.05) is 77.6 Å². The molecule has 0 rings (SSSR count). The summed E-state index contributed by atoms with van der Waals surface area (Å²) < 4.78 is 33.7. The van der Waals surface area contributed by atoms with Gasteiger partial charge in [-0.25, -0.2) is 8.42 Å². The fraction of sp³-hybridized carbons (Fsp3) is 1.00. The van der Waals surface area contributed by atoms with Crippen LogP contribution in [0.15, 0.2) is 0 Å². The molecule has 0 aliphatic heterocycles. The molecule has 0 aromatic carbocycles. The van der Waals surface area contributed by atoms with Crippen molar-refractivity contribution in [1.82, 2.24) is 0 Å². The monoisotopic (exact) mass is 388 g/mol. The summed E-state index contributed by atoms with van der Waals surface area (Å²) in [6, 6.07) is 0. The van der Waals surface area contributed by atoms with E-state index in [4.69, 9.17) is 0 Å². The molecule has 0 spiro atoms. The Morgan fingerprint density at radius 1 is 0.792 bits per heavy atom. The van der Waals surface area contributed by atoms with Gasteiger partial charge in [0.15, 0.2) is 0 Å². The summed E-state index contributed by atoms with van der Waals surface area (Å²) in [5, 5.41) is 8.41. The summed E-state index contributed by atoms with van der Waals surface area (Å²) in [5.41, 5.74) is 0. The number of hydrogen-bond donors (Lipinski definition) is 1. The van der Waals surface area contributed by atoms with Crippen LogP contribution in [-0.2, 0) is 10.1 Å². The Balaban J connectivity index is 0. The van der Waals surface area contributed by atoms with Gasteiger partial charge in [-0.3, -0.25) is 0 Å². The first kappa shape index (κ1) is 27.7. The molecule has 140 valence electrons. The predicted octanol–water partition coefficient (Wildman–Crippen LogP) is 1.77. The molecule has 0 aliphatic rings. The average molecular weight is 389 g/mol. The van der Waals surface area contributed by atoms with Gasteiger partial charge in [0.05, 0.1) is 16.2 Å². The van der Waals surface area contributed by atoms with E-state index in [1.165, 1.54) is 51.4 Å². The van der Waals surface area contributed by atoms with Crippen molar-refractivity contribution in [1.29, 1.82) is 0 Å². The Hall–Kier alpha value is 1.51. The summed E-state index contributed by atoms with van der Waals surface area (Å²) in [5.74, 6) is 0. The van der Waals surface area contributed by atoms with Gasteiger partial charge in [0.25, 0.3) is 0 Å². The first-order chi connectivity index (χ1) is 10.9. The number of aliphatic hydroxyl groups excluding tert-OH is 1. The number of unbranched alkanes of at least 4 members (excludes halogenated alkanes) is 10. The molecule has 6 heteroatoms. The second kappa shape index (κ2) is 17.9. The molecule has 0 radical (unpaired) electrons. The maximum Gasteiger partial charge on any atom is 1.00 e. The molecule has 24 heavy (non-hydrogen) atoms. The fourth-order valence-corrected chi connectivity index (χ4v) is 3.78. The smallest absolute Gasteiger partial charge is 0.748 e. The second-order valence-corrected chi connectivity index (χ2v) is 8.52. The van der Waals surface area contributed by atoms with Crippen LogP contribution in [-0.4, -0.2) is 29.4 Å². The summed E-state index contributed by atoms with van der Waals surface area (Å²) >= 11 is 0. The van der Waals surface area contributed by atoms with Gasteiger partial charge in [-0.05, 0) is 26.2 Å². The molecule has 0 aromatic rings. The van der Waals surface area contributed by atoms with Crippen LogP contribution in [0.25, 0.3) is 0 Å². The molecule has 2 atom stereocenters. The first-order valence-electron chi connectivity index (χ1n) is 9.50. The van der Waals surface area contributed by atoms with Crippen molar-refractivity contribution in [2.24, 2.45) is 0 Å². The van der Waals surface area contributed by atoms with Crippen molar-refractivity contribution < 1.29 is 69.5 Å². The van der Waals surface area contributed by atoms with Crippen LogP contribution in [0.5, 0.6) is 0 Å². The summed E-state index contributed by atoms with van der Waals surface area (Å²) in [6.45, 7) is 3.85. The van der Waals surface area contributed by atoms with E-state index in [1.807, 2.05) is 0 Å². The van der Waals surface area contributed by atoms with E-state index in [0.717, 1.165) is 19.3 Å². The summed E-state index contributed by atoms with van der Waals surface area (Å²) in [7, 11) is -4.23. The minimum Gasteiger partial charge on any atom is -0.748 e. The van der Waals surface area contributed by atoms with Gasteiger partial charge in [0.2, 0.25) is 0 Å². The minimum absolute atomic E-state index is 0. The van der Waals surface area contributed by atoms with Gasteiger partial charge >= 0.3 is 51.4 Å². The molecule has 2 unspecified atom stereocenters. The molecular weight excluding hydrogens is 351 g/mol. The van der Waals surface area contributed by atoms with Crippen molar-refractivity contribution >= 4 is 10.1 Å². The van der Waals surface area contributed by atoms with Crippen molar-refractivity contribution in [3.63, 3.8) is 0 Å². The molecule has 0 amide bonds. The molecule has 0 heterocycles. The van der Waals surface area contributed by atoms with Crippen molar-refractivity contribution in [2.75, 3.05) is 0 Å². The van der Waals surface area contributed by atoms with E-state index >= 15 is 0 Å². The zero-order valence-corrected chi connectivity index (χ0v) is 20.1. The van der Waals surface area contributed by atoms with Crippen LogP contribution in [0.2, 0.25) is 0 Å². The third-order valence-electron chi connectivity index (χ3n) is 4.44. The molecular formula is C18H37KO4S. The topological polar surface area (TPSA) is 77.4 Å². The molecule has 0 aliphatic carbocycles. The Morgan fingerprint density at radius 2 is 1.21 bits per heavy atom. The van der Waals surface area contributed by atoms with E-state index in [1.54, 1.807) is 6.92 Å². The van der Waals surface area contributed by atoms with Gasteiger partial charge < -0.3 is 9.66 Å². The Bertz CT molecular complexity index is 358. The minimum atomic E-state index is -4.23. The third-order valence-corrected chi connectivity index (χ3v) is 5.73. The maximum atomic E-state index is 11.2. The van der Waals surface area contributed by atoms with Crippen LogP contribution in [0.4, 0.5) is 0 Å². The SMILES string of the molecule is CCCCCCCCCCCCCC(CCC(C)O)S(=O)(=O)[O-].[K+]. The molecule has 1 N–H and O–H groups in total. The van der Waals surface area contributed by atoms with E-state index in [-0.39, 0.29) is 57.8 Å². The van der Waals surface area contributed by atoms with Crippen LogP contribution in [0.1, 0.15) is 104 Å². The largest absolute Gasteiger partial charge is 1.00 e. The third kappa shape index (κ3) is 18.3. The van der Waals surface area contributed by atoms with E-state index in [9.17, 15) is 18.1 Å². The number of rotatable bonds is 16. The summed E-state index contributed by atoms with van der Waals surface area (Å²) in [6.07, 6.45) is 13.9. The van der Waals surface area contributed by atoms with E-state index in [2.05, 4.69) is 6.92 Å². The second-order valence-electron chi connectivity index (χ2n) is 6.87. The summed E-state index contributed by atoms with van der Waals surface area (Å²) in [4.78, 5) is 0. The zero-order valence-electron chi connectivity index (χ0n) is 16.1. The molecule has 0 fully saturated rings. The Labute approximate surface area is 192 Å². The predicted molar refractivity (Wildman–Crippen MR) is 95.5 cm³/mol. The first-order valence-corrected chi connectivity index (χ1v) is 11.0. The van der Waals surface area contributed by atoms with Crippen LogP contribution >= 0.6 is 0 Å². The number of hydrogen-bond acceptors (Lipinski definition) is 4. The number of aliphatic hydroxyl groups is 1. The van der Waals surface area contributed by atoms with Gasteiger partial charge in [-0.2, -0.15) is 0 Å². The normalized spacial score (nSPS) is 14.2. The van der Waals surface area contributed by atoms with Crippen LogP contribution < -0.4 is 51.4 Å². The van der Waals surface area contributed by atoms with Crippen molar-refractivity contribution in [3.8, 4) is 0 Å². The Morgan fingerprint density at radius 3 is 1.58 bits per heavy atom. The Kier molecular flexibility index (Phi) is 20.7. The van der Waals surface area contributed by atoms with Crippen molar-refractivity contribution in [3.05, 3.63) is 0 Å². The molecule has 0 saturated carbocycles. The van der Waals surface area contributed by atoms with Crippen LogP contribution in [0, 0.1) is 0 Å². The van der Waals surface area contributed by atoms with Gasteiger partial charge in [0.1, 0.15) is 0 Å². The maximum absolute atomic E-state index is 11.2. The fourth-order valence-electron chi connectivity index (χ4n) is 2.90. The van der Waals surface area contributed by atoms with E-state index in [0.29, 0.717) is 12.8 Å². The van der Waals surface area contributed by atoms with Crippen molar-refractivity contribution in [2.45, 2.75) is 115 Å². The van der Waals surface area contributed by atoms with Gasteiger partial charge in [0, 0.05) is 5.25 Å². The molecule has 0 bridgehead atoms. The van der Waals surface area contributed by atoms with Crippen LogP contribution in [0.3, 0.4) is 0 Å². The molecule has 4 nitrogen and oxygen atoms in total. The van der Waals surface area contributed by atoms with Gasteiger partial charge in [-0.15, -0.1) is 0 Å². The standard InChI is InChI=1S/C18H38O4S.K/c1-3-4-5-6-7-8-9-10-11-12-13-14-18(23(20,21)22)16-15-17(2)19;/h17-19H,3-16H2,1-2H3,(H,20,21,22);/q;+1/p-1. The van der Waals surface area contributed by atoms with E-state index < -0.39 is 21.5 Å². The molecule has 0 saturated heterocycles. The molecule has 0 aromatic heterocycles. The zero-order chi connectivity index (χ0) is 17.6.